The van der Waals surface area contributed by atoms with E-state index in [-0.39, 0.29) is 0 Å². The zero-order chi connectivity index (χ0) is 96.9. The summed E-state index contributed by atoms with van der Waals surface area (Å²) in [6.45, 7) is -1.66. The molecule has 0 aromatic carbocycles. The summed E-state index contributed by atoms with van der Waals surface area (Å²) >= 11 is 0. The third kappa shape index (κ3) is 25.2. The van der Waals surface area contributed by atoms with Crippen LogP contribution in [0.4, 0.5) is 0 Å². The van der Waals surface area contributed by atoms with Crippen LogP contribution in [0.3, 0.4) is 0 Å². The van der Waals surface area contributed by atoms with Crippen molar-refractivity contribution in [2.24, 2.45) is 0 Å². The first-order chi connectivity index (χ1) is 61.6. The van der Waals surface area contributed by atoms with Gasteiger partial charge in [0.2, 0.25) is 35.4 Å². The number of ether oxygens (including phenoxy) is 19. The maximum Gasteiger partial charge on any atom is 0.397 e. The fourth-order valence-corrected chi connectivity index (χ4v) is 17.1. The number of nitrogens with one attached hydrogen (secondary N) is 6. The van der Waals surface area contributed by atoms with Crippen LogP contribution in [0.2, 0.25) is 0 Å². The van der Waals surface area contributed by atoms with Crippen LogP contribution in [0.5, 0.6) is 0 Å². The van der Waals surface area contributed by atoms with Crippen LogP contribution >= 0.6 is 0 Å². The molecule has 0 bridgehead atoms. The molecule has 10 rings (SSSR count). The van der Waals surface area contributed by atoms with Gasteiger partial charge in [-0.25, -0.2) is 4.18 Å². The van der Waals surface area contributed by atoms with E-state index < -0.39 is 405 Å². The summed E-state index contributed by atoms with van der Waals surface area (Å²) in [5.41, 5.74) is 0. The van der Waals surface area contributed by atoms with Gasteiger partial charge in [0.25, 0.3) is 0 Å². The topological polar surface area (TPSA) is 879 Å². The van der Waals surface area contributed by atoms with Crippen molar-refractivity contribution in [2.75, 3.05) is 52.9 Å². The van der Waals surface area contributed by atoms with Gasteiger partial charge in [0.15, 0.2) is 62.9 Å². The molecule has 50 atom stereocenters. The number of hydrogen-bond donors (Lipinski definition) is 30. The molecule has 6 amide bonds. The highest BCUT2D eigenvalue weighted by Crippen LogP contribution is 2.42. The summed E-state index contributed by atoms with van der Waals surface area (Å²) < 4.78 is 156. The van der Waals surface area contributed by atoms with Crippen molar-refractivity contribution in [1.82, 2.24) is 31.9 Å². The zero-order valence-electron chi connectivity index (χ0n) is 71.1. The summed E-state index contributed by atoms with van der Waals surface area (Å²) in [6.07, 6.45) is -93.7. The van der Waals surface area contributed by atoms with Gasteiger partial charge in [-0.1, -0.05) is 0 Å². The van der Waals surface area contributed by atoms with Crippen molar-refractivity contribution in [3.63, 3.8) is 0 Å². The average Bonchev–Trinajstić information content (AvgIpc) is 0.757. The van der Waals surface area contributed by atoms with Crippen LogP contribution in [0, 0.1) is 0 Å². The first-order valence-corrected chi connectivity index (χ1v) is 42.8. The molecule has 30 N–H and O–H groups in total. The molecular weight excluding hydrogens is 1810 g/mol. The first kappa shape index (κ1) is 108. The first-order valence-electron chi connectivity index (χ1n) is 41.5. The Morgan fingerprint density at radius 2 is 0.519 bits per heavy atom. The number of hydrogen-bond acceptors (Lipinski definition) is 51. The number of carbonyl (C=O) groups excluding carboxylic acids is 6. The smallest absolute Gasteiger partial charge is 0.394 e. The van der Waals surface area contributed by atoms with Crippen LogP contribution in [0.1, 0.15) is 55.4 Å². The lowest BCUT2D eigenvalue weighted by atomic mass is 9.93. The Balaban J connectivity index is 0.988. The number of aliphatic hydroxyl groups excluding tert-OH is 23. The van der Waals surface area contributed by atoms with Crippen LogP contribution in [-0.4, -0.2) is 525 Å². The van der Waals surface area contributed by atoms with E-state index in [1.54, 1.807) is 0 Å². The Labute approximate surface area is 743 Å². The van der Waals surface area contributed by atoms with Gasteiger partial charge >= 0.3 is 10.4 Å². The molecule has 0 unspecified atom stereocenters. The maximum absolute atomic E-state index is 13.4. The summed E-state index contributed by atoms with van der Waals surface area (Å²) in [7, 11) is -5.66. The molecule has 131 heavy (non-hydrogen) atoms. The minimum absolute atomic E-state index is 0.851. The van der Waals surface area contributed by atoms with Crippen molar-refractivity contribution in [2.45, 2.75) is 362 Å². The van der Waals surface area contributed by atoms with Gasteiger partial charge in [-0.3, -0.25) is 33.3 Å². The minimum atomic E-state index is -5.66. The summed E-state index contributed by atoms with van der Waals surface area (Å²) in [4.78, 5) is 78.3. The molecule has 10 aliphatic heterocycles. The second-order valence-electron chi connectivity index (χ2n) is 32.9. The highest BCUT2D eigenvalue weighted by Gasteiger charge is 2.63. The molecule has 10 heterocycles. The Bertz CT molecular complexity index is 3820. The summed E-state index contributed by atoms with van der Waals surface area (Å²) in [5.74, 6) is -5.77. The number of amides is 6. The molecule has 59 heteroatoms. The predicted octanol–water partition coefficient (Wildman–Crippen LogP) is -20.1. The van der Waals surface area contributed by atoms with E-state index in [2.05, 4.69) is 31.9 Å². The molecule has 756 valence electrons. The highest BCUT2D eigenvalue weighted by atomic mass is 32.3. The normalized spacial score (nSPS) is 47.1. The standard InChI is InChI=1S/C72H120N6O52S/c1-17-39(91)51(103)53(105)69(113-17)129-61-59(127-67-37(77-23(7)89)57(43(95)27(11-81)118-67)124-65-33(73-19(3)85)48(100)41(93)25(9-79)116-65)45(97)29(13-83)120-71(61)123-55-32(16-112-131(108,109)110)122-64(35(50(55)102)75-21(5)87)111-15-31-47(99)56(36(63(107)115-31)76-22(6)88)126-72-62(130-70-54(106)52(104)40(92)18(2)114-70)60(46(98)30(14-84)121-72)128-68-38(78-24(8)90)58(44(96)28(12-82)119-68)125-66-34(74-20(4)86)49(101)42(94)26(10-80)117-66/h17-18,25-72,79-84,91-107H,9-16H2,1-8H3,(H,73,85)(H,74,86)(H,75,87)(H,76,88)(H,77,89)(H,78,90)(H,108,109,110)/t17-,18-,25+,26+,27+,28+,29+,30+,31+,32+,33+,34+,35+,36+,37+,38+,39+,40+,41+,42+,43-,44-,45-,46-,47-,48+,49+,50+,51+,52+,53-,54-,55+,56+,57+,58+,59-,60-,61+,62+,63+,64+,65+,66+,67+,68+,69-,70-,71-,72-/m0/s1. The van der Waals surface area contributed by atoms with Crippen molar-refractivity contribution >= 4 is 45.8 Å². The number of carbonyl (C=O) groups is 6. The molecule has 10 saturated heterocycles. The van der Waals surface area contributed by atoms with Gasteiger partial charge in [0, 0.05) is 41.5 Å². The van der Waals surface area contributed by atoms with Crippen molar-refractivity contribution in [3.8, 4) is 0 Å². The van der Waals surface area contributed by atoms with E-state index in [0.717, 1.165) is 41.5 Å². The largest absolute Gasteiger partial charge is 0.397 e. The Kier molecular flexibility index (Phi) is 38.5. The van der Waals surface area contributed by atoms with E-state index in [0.29, 0.717) is 0 Å². The molecular formula is C72H120N6O52S. The Morgan fingerprint density at radius 3 is 0.870 bits per heavy atom. The monoisotopic (exact) mass is 1930 g/mol. The van der Waals surface area contributed by atoms with Gasteiger partial charge in [0.1, 0.15) is 232 Å². The van der Waals surface area contributed by atoms with E-state index in [1.807, 2.05) is 0 Å². The predicted molar refractivity (Wildman–Crippen MR) is 407 cm³/mol. The fourth-order valence-electron chi connectivity index (χ4n) is 16.8. The third-order valence-electron chi connectivity index (χ3n) is 23.4. The lowest BCUT2D eigenvalue weighted by molar-refractivity contribution is -0.402. The molecule has 0 spiro atoms. The minimum Gasteiger partial charge on any atom is -0.394 e. The second kappa shape index (κ2) is 46.6. The molecule has 10 aliphatic rings. The van der Waals surface area contributed by atoms with E-state index in [9.17, 15) is 159 Å². The van der Waals surface area contributed by atoms with E-state index >= 15 is 0 Å². The Hall–Kier alpha value is -4.99. The fraction of sp³-hybridized carbons (Fsp3) is 0.917. The van der Waals surface area contributed by atoms with Gasteiger partial charge in [-0.15, -0.1) is 0 Å². The molecule has 0 aromatic rings. The molecule has 0 radical (unpaired) electrons. The van der Waals surface area contributed by atoms with Crippen LogP contribution < -0.4 is 31.9 Å². The van der Waals surface area contributed by atoms with Gasteiger partial charge in [-0.2, -0.15) is 8.42 Å². The lowest BCUT2D eigenvalue weighted by Crippen LogP contribution is -2.72. The number of aliphatic hydroxyl groups is 23. The van der Waals surface area contributed by atoms with Gasteiger partial charge in [-0.05, 0) is 13.8 Å². The maximum atomic E-state index is 13.4. The summed E-state index contributed by atoms with van der Waals surface area (Å²) in [5, 5.41) is 275. The van der Waals surface area contributed by atoms with Crippen LogP contribution in [-0.2, 0) is 133 Å². The quantitative estimate of drug-likeness (QED) is 0.0266. The third-order valence-corrected chi connectivity index (χ3v) is 23.8. The zero-order valence-corrected chi connectivity index (χ0v) is 71.9. The average molecular weight is 1930 g/mol. The SMILES string of the molecule is CC(=O)N[C@@H]1[C@@H](O[C@@H]2O[C@H](CO)[C@H](O)[C@H](O[C@H]3O[C@H](CO)[C@H](O)[C@H](O[C@H]4O[C@H](CO)[C@@H](O)[C@H](O)[C@H]4NC(C)=O)[C@H]3NC(C)=O)[C@H]2O[C@@H]2O[C@@H](C)[C@@H](O)[C@@H](O)[C@@H]2O)[C@@H](O)[C@@H](CO[C@@H]2O[C@H](COS(=O)(=O)O)[C@@H](O[C@@H]3O[C@H](CO)[C@H](O)[C@H](O[C@H]4O[C@H](CO)[C@H](O)[C@H](O[C@H]5O[C@H](CO)[C@@H](O)[C@H](O)[C@H]5NC(C)=O)[C@H]4NC(C)=O)[C@H]3O[C@@H]3O[C@@H](C)[C@@H](O)[C@@H](O)[C@@H]3O)[C@H](O)[C@H]2NC(C)=O)O[C@H]1O. The van der Waals surface area contributed by atoms with Crippen molar-refractivity contribution in [3.05, 3.63) is 0 Å². The summed E-state index contributed by atoms with van der Waals surface area (Å²) in [6, 6.07) is -11.7. The van der Waals surface area contributed by atoms with Gasteiger partial charge < -0.3 is 239 Å². The van der Waals surface area contributed by atoms with Crippen LogP contribution in [0.25, 0.3) is 0 Å². The molecule has 0 aromatic heterocycles. The van der Waals surface area contributed by atoms with Crippen molar-refractivity contribution < 1.29 is 253 Å². The molecule has 58 nitrogen and oxygen atoms in total. The molecule has 10 fully saturated rings. The van der Waals surface area contributed by atoms with Crippen molar-refractivity contribution in [1.29, 1.82) is 0 Å². The molecule has 0 saturated carbocycles. The lowest BCUT2D eigenvalue weighted by Gasteiger charge is -2.52. The Morgan fingerprint density at radius 1 is 0.252 bits per heavy atom. The molecule has 0 aliphatic carbocycles. The highest BCUT2D eigenvalue weighted by molar-refractivity contribution is 7.80. The van der Waals surface area contributed by atoms with Crippen LogP contribution in [0.15, 0.2) is 0 Å². The second-order valence-corrected chi connectivity index (χ2v) is 34.0. The van der Waals surface area contributed by atoms with E-state index in [4.69, 9.17) is 94.2 Å². The number of rotatable bonds is 34. The van der Waals surface area contributed by atoms with E-state index in [1.165, 1.54) is 13.8 Å². The van der Waals surface area contributed by atoms with Gasteiger partial charge in [0.05, 0.1) is 65.1 Å².